The Morgan fingerprint density at radius 1 is 1.11 bits per heavy atom. The van der Waals surface area contributed by atoms with Gasteiger partial charge in [-0.05, 0) is 83.8 Å². The van der Waals surface area contributed by atoms with Crippen molar-refractivity contribution in [3.8, 4) is 0 Å². The topological polar surface area (TPSA) is 84.9 Å². The number of sulfonamides is 1. The van der Waals surface area contributed by atoms with Crippen molar-refractivity contribution in [2.45, 2.75) is 82.4 Å². The molecule has 8 heteroatoms. The zero-order valence-electron chi connectivity index (χ0n) is 17.5. The first-order valence-corrected chi connectivity index (χ1v) is 11.5. The maximum absolute atomic E-state index is 12.9. The molecule has 0 aromatic heterocycles. The van der Waals surface area contributed by atoms with E-state index in [1.165, 1.54) is 0 Å². The molecule has 0 atom stereocenters. The van der Waals surface area contributed by atoms with Crippen molar-refractivity contribution in [3.63, 3.8) is 0 Å². The summed E-state index contributed by atoms with van der Waals surface area (Å²) in [4.78, 5) is 0.229. The summed E-state index contributed by atoms with van der Waals surface area (Å²) in [5.74, 6) is 0.287. The highest BCUT2D eigenvalue weighted by Crippen LogP contribution is 2.36. The van der Waals surface area contributed by atoms with Gasteiger partial charge in [-0.15, -0.1) is 0 Å². The zero-order chi connectivity index (χ0) is 20.7. The van der Waals surface area contributed by atoms with Gasteiger partial charge >= 0.3 is 7.12 Å². The van der Waals surface area contributed by atoms with Gasteiger partial charge in [0.15, 0.2) is 0 Å². The molecule has 0 amide bonds. The van der Waals surface area contributed by atoms with E-state index < -0.39 is 28.3 Å². The first-order valence-electron chi connectivity index (χ1n) is 10.0. The predicted molar refractivity (Wildman–Crippen MR) is 110 cm³/mol. The van der Waals surface area contributed by atoms with E-state index in [-0.39, 0.29) is 23.5 Å². The van der Waals surface area contributed by atoms with Crippen LogP contribution in [0.5, 0.6) is 0 Å². The van der Waals surface area contributed by atoms with Gasteiger partial charge < -0.3 is 14.4 Å². The molecular weight excluding hydrogens is 377 g/mol. The van der Waals surface area contributed by atoms with E-state index in [1.54, 1.807) is 18.2 Å². The number of nitrogens with one attached hydrogen (secondary N) is 1. The fraction of sp³-hybridized carbons (Fsp3) is 0.700. The van der Waals surface area contributed by atoms with Crippen LogP contribution in [-0.4, -0.2) is 44.5 Å². The molecular formula is C20H32BNO5S. The van der Waals surface area contributed by atoms with E-state index >= 15 is 0 Å². The molecule has 0 radical (unpaired) electrons. The lowest BCUT2D eigenvalue weighted by molar-refractivity contribution is 0.00578. The molecule has 1 saturated carbocycles. The van der Waals surface area contributed by atoms with Crippen LogP contribution >= 0.6 is 0 Å². The van der Waals surface area contributed by atoms with Crippen LogP contribution in [0, 0.1) is 12.8 Å². The van der Waals surface area contributed by atoms with Crippen LogP contribution in [0.2, 0.25) is 0 Å². The van der Waals surface area contributed by atoms with Gasteiger partial charge in [-0.3, -0.25) is 0 Å². The second-order valence-electron chi connectivity index (χ2n) is 9.13. The molecule has 2 N–H and O–H groups in total. The number of aliphatic hydroxyl groups excluding tert-OH is 1. The Morgan fingerprint density at radius 3 is 2.21 bits per heavy atom. The van der Waals surface area contributed by atoms with Crippen molar-refractivity contribution < 1.29 is 22.8 Å². The minimum Gasteiger partial charge on any atom is -0.399 e. The van der Waals surface area contributed by atoms with Gasteiger partial charge in [-0.25, -0.2) is 13.1 Å². The third-order valence-electron chi connectivity index (χ3n) is 6.49. The first kappa shape index (κ1) is 21.8. The second-order valence-corrected chi connectivity index (χ2v) is 10.8. The third kappa shape index (κ3) is 4.31. The zero-order valence-corrected chi connectivity index (χ0v) is 18.3. The van der Waals surface area contributed by atoms with Crippen LogP contribution < -0.4 is 10.2 Å². The Hall–Kier alpha value is -0.925. The summed E-state index contributed by atoms with van der Waals surface area (Å²) in [6.45, 7) is 10.0. The lowest BCUT2D eigenvalue weighted by Crippen LogP contribution is -2.41. The van der Waals surface area contributed by atoms with E-state index in [4.69, 9.17) is 9.31 Å². The summed E-state index contributed by atoms with van der Waals surface area (Å²) >= 11 is 0. The third-order valence-corrected chi connectivity index (χ3v) is 8.01. The summed E-state index contributed by atoms with van der Waals surface area (Å²) in [7, 11) is -4.23. The molecule has 1 heterocycles. The number of aliphatic hydroxyl groups is 1. The van der Waals surface area contributed by atoms with Gasteiger partial charge in [0.1, 0.15) is 0 Å². The van der Waals surface area contributed by atoms with Crippen molar-refractivity contribution in [2.24, 2.45) is 5.92 Å². The van der Waals surface area contributed by atoms with E-state index in [0.717, 1.165) is 36.7 Å². The molecule has 6 nitrogen and oxygen atoms in total. The Kier molecular flexibility index (Phi) is 6.01. The van der Waals surface area contributed by atoms with Crippen molar-refractivity contribution in [1.82, 2.24) is 4.72 Å². The van der Waals surface area contributed by atoms with Crippen LogP contribution in [0.1, 0.15) is 58.9 Å². The molecule has 0 spiro atoms. The largest absolute Gasteiger partial charge is 0.495 e. The normalized spacial score (nSPS) is 27.1. The SMILES string of the molecule is Cc1ccc(S(=O)(=O)N[C@H]2CC[C@H](CO)CC2)cc1B1OC(C)(C)C(C)(C)O1. The number of aryl methyl sites for hydroxylation is 1. The molecule has 156 valence electrons. The lowest BCUT2D eigenvalue weighted by atomic mass is 9.76. The Labute approximate surface area is 169 Å². The summed E-state index contributed by atoms with van der Waals surface area (Å²) < 4.78 is 40.9. The van der Waals surface area contributed by atoms with Gasteiger partial charge in [0.2, 0.25) is 10.0 Å². The Morgan fingerprint density at radius 2 is 1.68 bits per heavy atom. The molecule has 0 bridgehead atoms. The Bertz CT molecular complexity index is 800. The van der Waals surface area contributed by atoms with Crippen LogP contribution in [0.15, 0.2) is 23.1 Å². The number of hydrogen-bond donors (Lipinski definition) is 2. The molecule has 2 aliphatic rings. The number of benzene rings is 1. The average molecular weight is 409 g/mol. The highest BCUT2D eigenvalue weighted by Gasteiger charge is 2.52. The Balaban J connectivity index is 1.79. The molecule has 3 rings (SSSR count). The van der Waals surface area contributed by atoms with Crippen molar-refractivity contribution in [2.75, 3.05) is 6.61 Å². The molecule has 1 aromatic carbocycles. The smallest absolute Gasteiger partial charge is 0.399 e. The highest BCUT2D eigenvalue weighted by atomic mass is 32.2. The van der Waals surface area contributed by atoms with E-state index in [0.29, 0.717) is 0 Å². The van der Waals surface area contributed by atoms with Crippen molar-refractivity contribution in [3.05, 3.63) is 23.8 Å². The number of hydrogen-bond acceptors (Lipinski definition) is 5. The fourth-order valence-electron chi connectivity index (χ4n) is 3.76. The minimum atomic E-state index is -3.63. The van der Waals surface area contributed by atoms with Gasteiger partial charge in [0.05, 0.1) is 16.1 Å². The van der Waals surface area contributed by atoms with Gasteiger partial charge in [-0.2, -0.15) is 0 Å². The van der Waals surface area contributed by atoms with E-state index in [1.807, 2.05) is 34.6 Å². The average Bonchev–Trinajstić information content (AvgIpc) is 2.83. The summed E-state index contributed by atoms with van der Waals surface area (Å²) in [6, 6.07) is 5.01. The van der Waals surface area contributed by atoms with Gasteiger partial charge in [0, 0.05) is 12.6 Å². The quantitative estimate of drug-likeness (QED) is 0.728. The lowest BCUT2D eigenvalue weighted by Gasteiger charge is -2.32. The minimum absolute atomic E-state index is 0.0885. The summed E-state index contributed by atoms with van der Waals surface area (Å²) in [6.07, 6.45) is 3.19. The monoisotopic (exact) mass is 409 g/mol. The van der Waals surface area contributed by atoms with Crippen molar-refractivity contribution in [1.29, 1.82) is 0 Å². The standard InChI is InChI=1S/C20H32BNO5S/c1-14-6-11-17(12-18(14)21-26-19(2,3)20(4,5)27-21)28(24,25)22-16-9-7-15(13-23)8-10-16/h6,11-12,15-16,22-23H,7-10,13H2,1-5H3/t15-,16-. The molecule has 1 aliphatic heterocycles. The molecule has 28 heavy (non-hydrogen) atoms. The molecule has 2 fully saturated rings. The van der Waals surface area contributed by atoms with Crippen molar-refractivity contribution >= 4 is 22.6 Å². The summed E-state index contributed by atoms with van der Waals surface area (Å²) in [5, 5.41) is 9.26. The molecule has 1 aliphatic carbocycles. The van der Waals surface area contributed by atoms with Crippen LogP contribution in [-0.2, 0) is 19.3 Å². The van der Waals surface area contributed by atoms with Crippen LogP contribution in [0.4, 0.5) is 0 Å². The van der Waals surface area contributed by atoms with Gasteiger partial charge in [-0.1, -0.05) is 11.6 Å². The molecule has 1 aromatic rings. The summed E-state index contributed by atoms with van der Waals surface area (Å²) in [5.41, 5.74) is 0.706. The highest BCUT2D eigenvalue weighted by molar-refractivity contribution is 7.89. The molecule has 0 unspecified atom stereocenters. The first-order chi connectivity index (χ1) is 12.9. The van der Waals surface area contributed by atoms with E-state index in [2.05, 4.69) is 4.72 Å². The molecule has 1 saturated heterocycles. The van der Waals surface area contributed by atoms with E-state index in [9.17, 15) is 13.5 Å². The second kappa shape index (κ2) is 7.72. The van der Waals surface area contributed by atoms with Crippen LogP contribution in [0.3, 0.4) is 0 Å². The van der Waals surface area contributed by atoms with Gasteiger partial charge in [0.25, 0.3) is 0 Å². The van der Waals surface area contributed by atoms with Crippen LogP contribution in [0.25, 0.3) is 0 Å². The number of rotatable bonds is 5. The fourth-order valence-corrected chi connectivity index (χ4v) is 5.10. The predicted octanol–water partition coefficient (Wildman–Crippen LogP) is 2.12. The maximum Gasteiger partial charge on any atom is 0.495 e. The maximum atomic E-state index is 12.9.